The molecule has 1 saturated heterocycles. The summed E-state index contributed by atoms with van der Waals surface area (Å²) in [6.45, 7) is 4.71. The van der Waals surface area contributed by atoms with Gasteiger partial charge in [0.2, 0.25) is 0 Å². The molecule has 2 N–H and O–H groups in total. The summed E-state index contributed by atoms with van der Waals surface area (Å²) in [4.78, 5) is 26.6. The van der Waals surface area contributed by atoms with Gasteiger partial charge in [-0.15, -0.1) is 0 Å². The summed E-state index contributed by atoms with van der Waals surface area (Å²) >= 11 is 0. The molecule has 3 aliphatic rings. The number of carbonyl (C=O) groups is 2. The fourth-order valence-electron chi connectivity index (χ4n) is 6.85. The molecule has 5 atom stereocenters. The quantitative estimate of drug-likeness (QED) is 0.255. The van der Waals surface area contributed by atoms with Crippen LogP contribution in [0.2, 0.25) is 0 Å². The van der Waals surface area contributed by atoms with E-state index in [1.165, 1.54) is 22.3 Å². The van der Waals surface area contributed by atoms with Gasteiger partial charge in [0.25, 0.3) is 0 Å². The van der Waals surface area contributed by atoms with Crippen LogP contribution in [0.4, 0.5) is 9.59 Å². The normalized spacial score (nSPS) is 23.7. The van der Waals surface area contributed by atoms with E-state index >= 15 is 0 Å². The lowest BCUT2D eigenvalue weighted by Crippen LogP contribution is -2.63. The summed E-state index contributed by atoms with van der Waals surface area (Å²) in [5, 5.41) is 6.02. The van der Waals surface area contributed by atoms with E-state index in [0.717, 1.165) is 37.7 Å². The lowest BCUT2D eigenvalue weighted by atomic mass is 9.98. The maximum absolute atomic E-state index is 13.5. The van der Waals surface area contributed by atoms with Crippen LogP contribution in [0.5, 0.6) is 0 Å². The molecule has 3 aromatic carbocycles. The number of benzene rings is 3. The molecule has 10 heteroatoms. The second-order valence-corrected chi connectivity index (χ2v) is 12.6. The Hall–Kier alpha value is -3.96. The summed E-state index contributed by atoms with van der Waals surface area (Å²) in [5.74, 6) is 0. The lowest BCUT2D eigenvalue weighted by Gasteiger charge is -2.45. The van der Waals surface area contributed by atoms with Crippen LogP contribution in [0.3, 0.4) is 0 Å². The highest BCUT2D eigenvalue weighted by atomic mass is 16.7. The molecule has 2 aliphatic carbocycles. The predicted octanol–water partition coefficient (Wildman–Crippen LogP) is 5.28. The molecule has 1 heterocycles. The molecule has 0 spiro atoms. The van der Waals surface area contributed by atoms with Crippen LogP contribution in [0.1, 0.15) is 48.1 Å². The molecule has 6 rings (SSSR count). The Morgan fingerprint density at radius 2 is 1.25 bits per heavy atom. The monoisotopic (exact) mass is 658 g/mol. The van der Waals surface area contributed by atoms with E-state index in [1.807, 2.05) is 68.4 Å². The van der Waals surface area contributed by atoms with E-state index in [4.69, 9.17) is 28.4 Å². The van der Waals surface area contributed by atoms with E-state index in [0.29, 0.717) is 13.2 Å². The van der Waals surface area contributed by atoms with Crippen molar-refractivity contribution in [1.29, 1.82) is 0 Å². The minimum absolute atomic E-state index is 0.0666. The summed E-state index contributed by atoms with van der Waals surface area (Å²) < 4.78 is 37.1. The summed E-state index contributed by atoms with van der Waals surface area (Å²) in [7, 11) is 0. The van der Waals surface area contributed by atoms with Crippen LogP contribution in [0, 0.1) is 0 Å². The Kier molecular flexibility index (Phi) is 11.6. The van der Waals surface area contributed by atoms with Crippen LogP contribution in [0.15, 0.2) is 78.9 Å². The van der Waals surface area contributed by atoms with Crippen molar-refractivity contribution in [2.24, 2.45) is 0 Å². The fourth-order valence-corrected chi connectivity index (χ4v) is 6.85. The molecular weight excluding hydrogens is 612 g/mol. The van der Waals surface area contributed by atoms with E-state index in [2.05, 4.69) is 34.9 Å². The first-order valence-corrected chi connectivity index (χ1v) is 17.1. The molecule has 0 aromatic heterocycles. The van der Waals surface area contributed by atoms with Gasteiger partial charge in [0.05, 0.1) is 6.61 Å². The van der Waals surface area contributed by atoms with Gasteiger partial charge in [-0.05, 0) is 66.8 Å². The minimum atomic E-state index is -0.957. The first-order valence-electron chi connectivity index (χ1n) is 17.1. The highest BCUT2D eigenvalue weighted by Gasteiger charge is 2.51. The van der Waals surface area contributed by atoms with Gasteiger partial charge in [0, 0.05) is 25.3 Å². The van der Waals surface area contributed by atoms with Gasteiger partial charge in [0.15, 0.2) is 12.4 Å². The average Bonchev–Trinajstić information content (AvgIpc) is 3.70. The van der Waals surface area contributed by atoms with Gasteiger partial charge < -0.3 is 39.1 Å². The molecular formula is C38H46N2O8. The number of alkyl carbamates (subject to hydrolysis) is 2. The zero-order chi connectivity index (χ0) is 33.3. The SMILES string of the molecule is CCCO[C@H]1[C@H](OC(=O)NC2Cc3ccccc3C2)[C@@H](COC(=O)NC2Cc3ccccc3C2)OC(OCC)[C@@H]1OCc1ccccc1. The molecule has 256 valence electrons. The molecule has 3 aromatic rings. The van der Waals surface area contributed by atoms with E-state index in [1.54, 1.807) is 0 Å². The number of nitrogens with one attached hydrogen (secondary N) is 2. The molecule has 0 radical (unpaired) electrons. The van der Waals surface area contributed by atoms with Gasteiger partial charge in [-0.25, -0.2) is 9.59 Å². The Morgan fingerprint density at radius 3 is 1.81 bits per heavy atom. The third-order valence-corrected chi connectivity index (χ3v) is 9.09. The second-order valence-electron chi connectivity index (χ2n) is 12.6. The van der Waals surface area contributed by atoms with Crippen molar-refractivity contribution in [2.75, 3.05) is 19.8 Å². The van der Waals surface area contributed by atoms with Crippen molar-refractivity contribution in [1.82, 2.24) is 10.6 Å². The summed E-state index contributed by atoms with van der Waals surface area (Å²) in [6, 6.07) is 26.0. The third-order valence-electron chi connectivity index (χ3n) is 9.09. The maximum atomic E-state index is 13.5. The molecule has 48 heavy (non-hydrogen) atoms. The predicted molar refractivity (Wildman–Crippen MR) is 179 cm³/mol. The third kappa shape index (κ3) is 8.54. The minimum Gasteiger partial charge on any atom is -0.447 e. The molecule has 1 unspecified atom stereocenters. The van der Waals surface area contributed by atoms with Gasteiger partial charge in [-0.3, -0.25) is 0 Å². The number of hydrogen-bond donors (Lipinski definition) is 2. The fraction of sp³-hybridized carbons (Fsp3) is 0.474. The highest BCUT2D eigenvalue weighted by Crippen LogP contribution is 2.31. The Bertz CT molecular complexity index is 1450. The highest BCUT2D eigenvalue weighted by molar-refractivity contribution is 5.69. The molecule has 10 nitrogen and oxygen atoms in total. The van der Waals surface area contributed by atoms with Gasteiger partial charge >= 0.3 is 12.2 Å². The number of amides is 2. The van der Waals surface area contributed by atoms with Crippen molar-refractivity contribution < 1.29 is 38.0 Å². The maximum Gasteiger partial charge on any atom is 0.407 e. The van der Waals surface area contributed by atoms with Gasteiger partial charge in [-0.1, -0.05) is 85.8 Å². The topological polar surface area (TPSA) is 114 Å². The summed E-state index contributed by atoms with van der Waals surface area (Å²) in [5.41, 5.74) is 5.84. The van der Waals surface area contributed by atoms with E-state index < -0.39 is 42.9 Å². The van der Waals surface area contributed by atoms with Crippen LogP contribution < -0.4 is 10.6 Å². The molecule has 1 fully saturated rings. The Balaban J connectivity index is 1.17. The van der Waals surface area contributed by atoms with Crippen molar-refractivity contribution in [2.45, 2.75) is 95.3 Å². The standard InChI is InChI=1S/C38H46N2O8/c1-3-18-44-34-33(48-38(42)40-31-21-28-16-10-11-17-29(28)22-31)32(24-46-37(41)39-30-19-26-14-8-9-15-27(26)20-30)47-36(43-4-2)35(34)45-23-25-12-6-5-7-13-25/h5-17,30-36H,3-4,18-24H2,1-2H3,(H,39,41)(H,40,42)/t32-,33-,34+,35-,36?/m1/s1. The zero-order valence-electron chi connectivity index (χ0n) is 27.7. The van der Waals surface area contributed by atoms with Gasteiger partial charge in [-0.2, -0.15) is 0 Å². The lowest BCUT2D eigenvalue weighted by molar-refractivity contribution is -0.316. The molecule has 1 aliphatic heterocycles. The van der Waals surface area contributed by atoms with Crippen molar-refractivity contribution >= 4 is 12.2 Å². The Labute approximate surface area is 282 Å². The van der Waals surface area contributed by atoms with Crippen LogP contribution in [0.25, 0.3) is 0 Å². The van der Waals surface area contributed by atoms with Crippen LogP contribution >= 0.6 is 0 Å². The number of ether oxygens (including phenoxy) is 6. The smallest absolute Gasteiger partial charge is 0.407 e. The van der Waals surface area contributed by atoms with Crippen molar-refractivity contribution in [3.05, 3.63) is 107 Å². The number of rotatable bonds is 13. The molecule has 2 amide bonds. The summed E-state index contributed by atoms with van der Waals surface area (Å²) in [6.07, 6.45) is -1.69. The largest absolute Gasteiger partial charge is 0.447 e. The molecule has 0 saturated carbocycles. The number of hydrogen-bond acceptors (Lipinski definition) is 8. The van der Waals surface area contributed by atoms with Gasteiger partial charge in [0.1, 0.15) is 24.9 Å². The van der Waals surface area contributed by atoms with E-state index in [-0.39, 0.29) is 25.3 Å². The average molecular weight is 659 g/mol. The Morgan fingerprint density at radius 1 is 0.688 bits per heavy atom. The van der Waals surface area contributed by atoms with Crippen LogP contribution in [-0.2, 0) is 60.7 Å². The number of fused-ring (bicyclic) bond motifs is 2. The second kappa shape index (κ2) is 16.4. The number of carbonyl (C=O) groups excluding carboxylic acids is 2. The van der Waals surface area contributed by atoms with Crippen molar-refractivity contribution in [3.8, 4) is 0 Å². The van der Waals surface area contributed by atoms with Crippen LogP contribution in [-0.4, -0.2) is 74.8 Å². The first-order chi connectivity index (χ1) is 23.5. The first kappa shape index (κ1) is 33.9. The van der Waals surface area contributed by atoms with Crippen molar-refractivity contribution in [3.63, 3.8) is 0 Å². The van der Waals surface area contributed by atoms with E-state index in [9.17, 15) is 9.59 Å². The zero-order valence-corrected chi connectivity index (χ0v) is 27.7. The molecule has 0 bridgehead atoms.